The van der Waals surface area contributed by atoms with E-state index in [0.29, 0.717) is 0 Å². The predicted octanol–water partition coefficient (Wildman–Crippen LogP) is 4.52. The normalized spacial score (nSPS) is 16.1. The van der Waals surface area contributed by atoms with E-state index in [1.807, 2.05) is 0 Å². The van der Waals surface area contributed by atoms with E-state index in [4.69, 9.17) is 0 Å². The third-order valence-corrected chi connectivity index (χ3v) is 1.66. The number of alkyl halides is 12. The van der Waals surface area contributed by atoms with Gasteiger partial charge in [-0.15, -0.1) is 0 Å². The van der Waals surface area contributed by atoms with E-state index >= 15 is 0 Å². The van der Waals surface area contributed by atoms with Gasteiger partial charge in [-0.25, -0.2) is 4.39 Å². The van der Waals surface area contributed by atoms with Crippen LogP contribution >= 0.6 is 0 Å². The smallest absolute Gasteiger partial charge is 0.226 e. The van der Waals surface area contributed by atoms with Crippen LogP contribution < -0.4 is 0 Å². The van der Waals surface area contributed by atoms with E-state index < -0.39 is 36.3 Å². The zero-order valence-electron chi connectivity index (χ0n) is 7.91. The van der Waals surface area contributed by atoms with Gasteiger partial charge in [-0.2, -0.15) is 52.7 Å². The van der Waals surface area contributed by atoms with Gasteiger partial charge < -0.3 is 0 Å². The third kappa shape index (κ3) is 2.68. The lowest BCUT2D eigenvalue weighted by atomic mass is 10.0. The maximum Gasteiger partial charge on any atom is 0.460 e. The molecule has 115 valence electrons. The first-order valence-electron chi connectivity index (χ1n) is 3.71. The average molecular weight is 319 g/mol. The van der Waals surface area contributed by atoms with Gasteiger partial charge in [0.05, 0.1) is 0 Å². The van der Waals surface area contributed by atoms with E-state index in [1.165, 1.54) is 0 Å². The summed E-state index contributed by atoms with van der Waals surface area (Å²) in [6.45, 7) is 0. The molecule has 0 aliphatic heterocycles. The second kappa shape index (κ2) is 4.30. The second-order valence-corrected chi connectivity index (χ2v) is 3.03. The Kier molecular flexibility index (Phi) is 4.09. The van der Waals surface area contributed by atoms with Gasteiger partial charge in [0, 0.05) is 0 Å². The first-order valence-corrected chi connectivity index (χ1v) is 3.71. The molecule has 0 fully saturated rings. The summed E-state index contributed by atoms with van der Waals surface area (Å²) in [7, 11) is 0. The summed E-state index contributed by atoms with van der Waals surface area (Å²) in [6, 6.07) is 0. The minimum Gasteiger partial charge on any atom is -0.226 e. The first-order chi connectivity index (χ1) is 7.90. The van der Waals surface area contributed by atoms with Crippen LogP contribution in [0.2, 0.25) is 0 Å². The largest absolute Gasteiger partial charge is 0.460 e. The lowest BCUT2D eigenvalue weighted by Gasteiger charge is -2.33. The molecule has 19 heavy (non-hydrogen) atoms. The molecule has 0 N–H and O–H groups in total. The topological polar surface area (TPSA) is 0 Å². The molecular weight excluding hydrogens is 319 g/mol. The average Bonchev–Trinajstić information content (AvgIpc) is 2.12. The van der Waals surface area contributed by atoms with Crippen molar-refractivity contribution in [3.63, 3.8) is 0 Å². The first kappa shape index (κ1) is 18.1. The molecule has 0 atom stereocenters. The summed E-state index contributed by atoms with van der Waals surface area (Å²) in [5, 5.41) is 0. The van der Waals surface area contributed by atoms with Crippen molar-refractivity contribution >= 4 is 0 Å². The van der Waals surface area contributed by atoms with Gasteiger partial charge in [0.15, 0.2) is 0 Å². The van der Waals surface area contributed by atoms with E-state index in [2.05, 4.69) is 0 Å². The summed E-state index contributed by atoms with van der Waals surface area (Å²) in [5.74, 6) is -22.0. The molecule has 0 bridgehead atoms. The van der Waals surface area contributed by atoms with Crippen molar-refractivity contribution in [1.29, 1.82) is 0 Å². The molecule has 0 aromatic rings. The molecule has 0 saturated heterocycles. The highest BCUT2D eigenvalue weighted by atomic mass is 19.4. The van der Waals surface area contributed by atoms with Gasteiger partial charge in [-0.3, -0.25) is 0 Å². The van der Waals surface area contributed by atoms with Crippen LogP contribution in [0.1, 0.15) is 0 Å². The van der Waals surface area contributed by atoms with Crippen molar-refractivity contribution in [3.05, 3.63) is 6.17 Å². The summed E-state index contributed by atoms with van der Waals surface area (Å²) >= 11 is 0. The molecule has 0 aromatic carbocycles. The molecule has 1 radical (unpaired) electrons. The van der Waals surface area contributed by atoms with E-state index in [9.17, 15) is 57.1 Å². The van der Waals surface area contributed by atoms with Crippen LogP contribution in [0.15, 0.2) is 0 Å². The van der Waals surface area contributed by atoms with Gasteiger partial charge in [-0.1, -0.05) is 0 Å². The Morgan fingerprint density at radius 3 is 1.00 bits per heavy atom. The number of halogens is 13. The Morgan fingerprint density at radius 1 is 0.474 bits per heavy atom. The van der Waals surface area contributed by atoms with Gasteiger partial charge in [0.25, 0.3) is 6.17 Å². The fourth-order valence-corrected chi connectivity index (χ4v) is 0.637. The molecule has 0 spiro atoms. The SMILES string of the molecule is F[C](C(F)(F)C(F)(F)F)C(F)(F)C(F)(F)C(F)(F)F. The fraction of sp³-hybridized carbons (Fsp3) is 0.833. The molecule has 0 aliphatic carbocycles. The Hall–Kier alpha value is -0.910. The van der Waals surface area contributed by atoms with Crippen molar-refractivity contribution in [3.8, 4) is 0 Å². The third-order valence-electron chi connectivity index (χ3n) is 1.66. The molecule has 0 rings (SSSR count). The Balaban J connectivity index is 5.70. The highest BCUT2D eigenvalue weighted by Crippen LogP contribution is 2.57. The van der Waals surface area contributed by atoms with E-state index in [1.54, 1.807) is 0 Å². The van der Waals surface area contributed by atoms with E-state index in [0.717, 1.165) is 0 Å². The number of rotatable bonds is 3. The van der Waals surface area contributed by atoms with Crippen molar-refractivity contribution in [2.24, 2.45) is 0 Å². The minimum absolute atomic E-state index is 5.14. The Labute approximate surface area is 94.7 Å². The molecule has 0 aliphatic rings. The molecule has 13 heteroatoms. The highest BCUT2D eigenvalue weighted by Gasteiger charge is 2.83. The summed E-state index contributed by atoms with van der Waals surface area (Å²) in [6.07, 6.45) is -19.5. The molecule has 0 nitrogen and oxygen atoms in total. The van der Waals surface area contributed by atoms with Crippen molar-refractivity contribution in [2.45, 2.75) is 30.1 Å². The number of hydrogen-bond donors (Lipinski definition) is 0. The van der Waals surface area contributed by atoms with E-state index in [-0.39, 0.29) is 0 Å². The molecule has 0 unspecified atom stereocenters. The maximum absolute atomic E-state index is 12.3. The summed E-state index contributed by atoms with van der Waals surface area (Å²) in [4.78, 5) is 0. The monoisotopic (exact) mass is 319 g/mol. The van der Waals surface area contributed by atoms with Crippen molar-refractivity contribution < 1.29 is 57.1 Å². The van der Waals surface area contributed by atoms with Crippen LogP contribution in [0.5, 0.6) is 0 Å². The zero-order valence-corrected chi connectivity index (χ0v) is 7.91. The molecular formula is C6F13. The lowest BCUT2D eigenvalue weighted by molar-refractivity contribution is -0.375. The molecule has 0 heterocycles. The van der Waals surface area contributed by atoms with Gasteiger partial charge in [0.2, 0.25) is 0 Å². The zero-order chi connectivity index (χ0) is 16.1. The van der Waals surface area contributed by atoms with Gasteiger partial charge in [-0.05, 0) is 0 Å². The fourth-order valence-electron chi connectivity index (χ4n) is 0.637. The van der Waals surface area contributed by atoms with Crippen LogP contribution in [-0.2, 0) is 0 Å². The van der Waals surface area contributed by atoms with Crippen molar-refractivity contribution in [1.82, 2.24) is 0 Å². The molecule has 0 aromatic heterocycles. The quantitative estimate of drug-likeness (QED) is 0.671. The Bertz CT molecular complexity index is 319. The van der Waals surface area contributed by atoms with Crippen molar-refractivity contribution in [2.75, 3.05) is 0 Å². The van der Waals surface area contributed by atoms with Crippen LogP contribution in [0.25, 0.3) is 0 Å². The second-order valence-electron chi connectivity index (χ2n) is 3.03. The van der Waals surface area contributed by atoms with Gasteiger partial charge >= 0.3 is 30.1 Å². The molecule has 0 saturated carbocycles. The maximum atomic E-state index is 12.3. The van der Waals surface area contributed by atoms with Crippen LogP contribution in [-0.4, -0.2) is 30.1 Å². The van der Waals surface area contributed by atoms with Gasteiger partial charge in [0.1, 0.15) is 0 Å². The van der Waals surface area contributed by atoms with Crippen LogP contribution in [0, 0.1) is 6.17 Å². The van der Waals surface area contributed by atoms with Crippen LogP contribution in [0.3, 0.4) is 0 Å². The lowest BCUT2D eigenvalue weighted by Crippen LogP contribution is -2.59. The summed E-state index contributed by atoms with van der Waals surface area (Å²) in [5.41, 5.74) is 0. The summed E-state index contributed by atoms with van der Waals surface area (Å²) < 4.78 is 153. The predicted molar refractivity (Wildman–Crippen MR) is 31.3 cm³/mol. The Morgan fingerprint density at radius 2 is 0.789 bits per heavy atom. The highest BCUT2D eigenvalue weighted by molar-refractivity contribution is 5.14. The minimum atomic E-state index is -7.45. The standard InChI is InChI=1S/C6F13/c7-1(3(10,11)5(14,15)16)2(8,9)4(12,13)6(17,18)19. The van der Waals surface area contributed by atoms with Crippen LogP contribution in [0.4, 0.5) is 57.1 Å². The molecule has 0 amide bonds. The number of hydrogen-bond acceptors (Lipinski definition) is 0.